The third kappa shape index (κ3) is 2.71. The van der Waals surface area contributed by atoms with Crippen LogP contribution in [0.2, 0.25) is 0 Å². The highest BCUT2D eigenvalue weighted by molar-refractivity contribution is 5.86. The number of nitrogens with zero attached hydrogens (tertiary/aromatic N) is 2. The number of carboxylic acid groups (broad SMARTS) is 1. The maximum atomic E-state index is 11.1. The summed E-state index contributed by atoms with van der Waals surface area (Å²) in [7, 11) is 0. The normalized spacial score (nSPS) is 22.1. The van der Waals surface area contributed by atoms with E-state index in [9.17, 15) is 4.79 Å². The smallest absolute Gasteiger partial charge is 0.354 e. The van der Waals surface area contributed by atoms with Crippen molar-refractivity contribution in [3.05, 3.63) is 17.8 Å². The first-order valence-corrected chi connectivity index (χ1v) is 7.29. The zero-order valence-electron chi connectivity index (χ0n) is 11.7. The van der Waals surface area contributed by atoms with Gasteiger partial charge in [-0.25, -0.2) is 9.78 Å². The molecular formula is C15H20N2O3. The Morgan fingerprint density at radius 2 is 2.25 bits per heavy atom. The molecule has 0 radical (unpaired) electrons. The molecule has 2 heterocycles. The van der Waals surface area contributed by atoms with Crippen LogP contribution in [0.5, 0.6) is 5.88 Å². The molecule has 5 nitrogen and oxygen atoms in total. The van der Waals surface area contributed by atoms with E-state index in [1.807, 2.05) is 6.07 Å². The van der Waals surface area contributed by atoms with E-state index in [-0.39, 0.29) is 5.69 Å². The molecule has 1 unspecified atom stereocenters. The average Bonchev–Trinajstić information content (AvgIpc) is 3.17. The van der Waals surface area contributed by atoms with E-state index in [0.717, 1.165) is 25.1 Å². The van der Waals surface area contributed by atoms with E-state index in [1.165, 1.54) is 12.8 Å². The van der Waals surface area contributed by atoms with E-state index in [4.69, 9.17) is 9.84 Å². The zero-order valence-corrected chi connectivity index (χ0v) is 11.7. The van der Waals surface area contributed by atoms with Crippen LogP contribution in [-0.2, 0) is 0 Å². The van der Waals surface area contributed by atoms with Crippen LogP contribution in [-0.4, -0.2) is 35.3 Å². The number of anilines is 1. The van der Waals surface area contributed by atoms with Crippen molar-refractivity contribution in [3.8, 4) is 5.88 Å². The first-order valence-electron chi connectivity index (χ1n) is 7.29. The van der Waals surface area contributed by atoms with Crippen molar-refractivity contribution in [2.75, 3.05) is 18.1 Å². The standard InChI is InChI=1S/C15H20N2O3/c1-10-3-2-8-17(10)13-7-6-12(15(18)19)16-14(13)20-9-11-4-5-11/h6-7,10-11H,2-5,8-9H2,1H3,(H,18,19). The summed E-state index contributed by atoms with van der Waals surface area (Å²) >= 11 is 0. The predicted octanol–water partition coefficient (Wildman–Crippen LogP) is 2.56. The van der Waals surface area contributed by atoms with Gasteiger partial charge in [-0.3, -0.25) is 0 Å². The van der Waals surface area contributed by atoms with Crippen molar-refractivity contribution in [3.63, 3.8) is 0 Å². The first kappa shape index (κ1) is 13.2. The summed E-state index contributed by atoms with van der Waals surface area (Å²) in [5.74, 6) is 0.0852. The maximum absolute atomic E-state index is 11.1. The molecule has 1 aromatic heterocycles. The molecule has 1 aliphatic heterocycles. The number of hydrogen-bond acceptors (Lipinski definition) is 4. The van der Waals surface area contributed by atoms with Crippen LogP contribution < -0.4 is 9.64 Å². The van der Waals surface area contributed by atoms with Crippen LogP contribution in [0.25, 0.3) is 0 Å². The van der Waals surface area contributed by atoms with Crippen LogP contribution in [0.1, 0.15) is 43.1 Å². The lowest BCUT2D eigenvalue weighted by Gasteiger charge is -2.25. The molecule has 108 valence electrons. The molecule has 1 saturated heterocycles. The van der Waals surface area contributed by atoms with Gasteiger partial charge in [0, 0.05) is 12.6 Å². The molecule has 0 amide bonds. The number of carbonyl (C=O) groups is 1. The zero-order chi connectivity index (χ0) is 14.1. The molecule has 20 heavy (non-hydrogen) atoms. The average molecular weight is 276 g/mol. The van der Waals surface area contributed by atoms with Gasteiger partial charge in [-0.15, -0.1) is 0 Å². The lowest BCUT2D eigenvalue weighted by Crippen LogP contribution is -2.27. The van der Waals surface area contributed by atoms with Crippen molar-refractivity contribution in [2.45, 2.75) is 38.6 Å². The van der Waals surface area contributed by atoms with Crippen LogP contribution in [0, 0.1) is 5.92 Å². The lowest BCUT2D eigenvalue weighted by atomic mass is 10.2. The number of aromatic carboxylic acids is 1. The second kappa shape index (κ2) is 5.31. The summed E-state index contributed by atoms with van der Waals surface area (Å²) in [5.41, 5.74) is 0.979. The van der Waals surface area contributed by atoms with Crippen LogP contribution >= 0.6 is 0 Å². The van der Waals surface area contributed by atoms with Crippen molar-refractivity contribution in [1.29, 1.82) is 0 Å². The Labute approximate surface area is 118 Å². The fourth-order valence-electron chi connectivity index (χ4n) is 2.65. The second-order valence-corrected chi connectivity index (χ2v) is 5.76. The van der Waals surface area contributed by atoms with Gasteiger partial charge in [-0.2, -0.15) is 0 Å². The van der Waals surface area contributed by atoms with Crippen LogP contribution in [0.15, 0.2) is 12.1 Å². The molecule has 2 fully saturated rings. The Kier molecular flexibility index (Phi) is 3.51. The number of aromatic nitrogens is 1. The van der Waals surface area contributed by atoms with Crippen molar-refractivity contribution >= 4 is 11.7 Å². The van der Waals surface area contributed by atoms with Crippen molar-refractivity contribution in [1.82, 2.24) is 4.98 Å². The Bertz CT molecular complexity index is 514. The monoisotopic (exact) mass is 276 g/mol. The van der Waals surface area contributed by atoms with E-state index in [2.05, 4.69) is 16.8 Å². The third-order valence-corrected chi connectivity index (χ3v) is 4.07. The van der Waals surface area contributed by atoms with Gasteiger partial charge in [-0.05, 0) is 50.7 Å². The highest BCUT2D eigenvalue weighted by Crippen LogP contribution is 2.35. The summed E-state index contributed by atoms with van der Waals surface area (Å²) in [6.07, 6.45) is 4.72. The van der Waals surface area contributed by atoms with Gasteiger partial charge in [-0.1, -0.05) is 0 Å². The Balaban J connectivity index is 1.87. The SMILES string of the molecule is CC1CCCN1c1ccc(C(=O)O)nc1OCC1CC1. The van der Waals surface area contributed by atoms with E-state index in [1.54, 1.807) is 6.07 Å². The summed E-state index contributed by atoms with van der Waals surface area (Å²) in [6.45, 7) is 3.81. The molecule has 3 rings (SSSR count). The minimum atomic E-state index is -1.01. The third-order valence-electron chi connectivity index (χ3n) is 4.07. The van der Waals surface area contributed by atoms with Gasteiger partial charge in [0.15, 0.2) is 5.69 Å². The maximum Gasteiger partial charge on any atom is 0.354 e. The quantitative estimate of drug-likeness (QED) is 0.895. The molecule has 1 aliphatic carbocycles. The molecule has 5 heteroatoms. The fraction of sp³-hybridized carbons (Fsp3) is 0.600. The Morgan fingerprint density at radius 1 is 1.45 bits per heavy atom. The van der Waals surface area contributed by atoms with E-state index < -0.39 is 5.97 Å². The largest absolute Gasteiger partial charge is 0.477 e. The number of ether oxygens (including phenoxy) is 1. The molecule has 0 aromatic carbocycles. The van der Waals surface area contributed by atoms with Gasteiger partial charge in [0.1, 0.15) is 5.69 Å². The molecular weight excluding hydrogens is 256 g/mol. The molecule has 1 atom stereocenters. The van der Waals surface area contributed by atoms with Crippen molar-refractivity contribution < 1.29 is 14.6 Å². The molecule has 1 aromatic rings. The topological polar surface area (TPSA) is 62.7 Å². The van der Waals surface area contributed by atoms with Gasteiger partial charge >= 0.3 is 5.97 Å². The van der Waals surface area contributed by atoms with Crippen LogP contribution in [0.3, 0.4) is 0 Å². The summed E-state index contributed by atoms with van der Waals surface area (Å²) in [4.78, 5) is 17.5. The van der Waals surface area contributed by atoms with Crippen LogP contribution in [0.4, 0.5) is 5.69 Å². The fourth-order valence-corrected chi connectivity index (χ4v) is 2.65. The van der Waals surface area contributed by atoms with E-state index >= 15 is 0 Å². The summed E-state index contributed by atoms with van der Waals surface area (Å²) in [6, 6.07) is 3.85. The minimum absolute atomic E-state index is 0.0476. The second-order valence-electron chi connectivity index (χ2n) is 5.76. The lowest BCUT2D eigenvalue weighted by molar-refractivity contribution is 0.0689. The number of pyridine rings is 1. The summed E-state index contributed by atoms with van der Waals surface area (Å²) in [5, 5.41) is 9.08. The van der Waals surface area contributed by atoms with Gasteiger partial charge in [0.2, 0.25) is 5.88 Å². The van der Waals surface area contributed by atoms with Gasteiger partial charge in [0.25, 0.3) is 0 Å². The molecule has 0 spiro atoms. The molecule has 2 aliphatic rings. The Hall–Kier alpha value is -1.78. The first-order chi connectivity index (χ1) is 9.65. The Morgan fingerprint density at radius 3 is 2.85 bits per heavy atom. The van der Waals surface area contributed by atoms with E-state index in [0.29, 0.717) is 24.4 Å². The van der Waals surface area contributed by atoms with Crippen molar-refractivity contribution in [2.24, 2.45) is 5.92 Å². The number of rotatable bonds is 5. The molecule has 1 saturated carbocycles. The highest BCUT2D eigenvalue weighted by atomic mass is 16.5. The number of hydrogen-bond donors (Lipinski definition) is 1. The molecule has 1 N–H and O–H groups in total. The predicted molar refractivity (Wildman–Crippen MR) is 75.5 cm³/mol. The van der Waals surface area contributed by atoms with Gasteiger partial charge < -0.3 is 14.7 Å². The highest BCUT2D eigenvalue weighted by Gasteiger charge is 2.27. The number of carboxylic acids is 1. The molecule has 0 bridgehead atoms. The minimum Gasteiger partial charge on any atom is -0.477 e. The summed E-state index contributed by atoms with van der Waals surface area (Å²) < 4.78 is 5.80. The van der Waals surface area contributed by atoms with Gasteiger partial charge in [0.05, 0.1) is 6.61 Å².